The number of rotatable bonds is 8. The molecule has 7 nitrogen and oxygen atoms in total. The average molecular weight is 382 g/mol. The zero-order valence-electron chi connectivity index (χ0n) is 16.1. The van der Waals surface area contributed by atoms with Crippen LogP contribution in [0.15, 0.2) is 47.0 Å². The molecular weight excluding hydrogens is 356 g/mol. The molecule has 28 heavy (non-hydrogen) atoms. The van der Waals surface area contributed by atoms with Gasteiger partial charge in [0, 0.05) is 25.2 Å². The Balaban J connectivity index is 1.61. The fraction of sp³-hybridized carbons (Fsp3) is 0.381. The summed E-state index contributed by atoms with van der Waals surface area (Å²) in [4.78, 5) is 29.0. The van der Waals surface area contributed by atoms with Gasteiger partial charge in [-0.1, -0.05) is 35.5 Å². The molecule has 1 saturated heterocycles. The molecule has 7 heteroatoms. The number of hydrogen-bond acceptors (Lipinski definition) is 5. The molecular formula is C21H26N4O3. The van der Waals surface area contributed by atoms with Crippen LogP contribution < -0.4 is 5.32 Å². The maximum Gasteiger partial charge on any atom is 0.247 e. The first-order chi connectivity index (χ1) is 13.6. The zero-order chi connectivity index (χ0) is 19.8. The Kier molecular flexibility index (Phi) is 6.97. The third-order valence-electron chi connectivity index (χ3n) is 4.64. The molecule has 0 atom stereocenters. The van der Waals surface area contributed by atoms with Crippen LogP contribution in [-0.2, 0) is 9.59 Å². The van der Waals surface area contributed by atoms with Crippen LogP contribution >= 0.6 is 0 Å². The van der Waals surface area contributed by atoms with Gasteiger partial charge in [0.25, 0.3) is 0 Å². The number of likely N-dealkylation sites (tertiary alicyclic amines) is 1. The molecule has 1 aliphatic heterocycles. The number of hydrogen-bond donors (Lipinski definition) is 1. The Morgan fingerprint density at radius 3 is 2.68 bits per heavy atom. The number of carbonyl (C=O) groups excluding carboxylic acids is 2. The summed E-state index contributed by atoms with van der Waals surface area (Å²) in [5.74, 6) is 0.489. The van der Waals surface area contributed by atoms with Crippen LogP contribution in [0.3, 0.4) is 0 Å². The number of nitrogens with one attached hydrogen (secondary N) is 1. The summed E-state index contributed by atoms with van der Waals surface area (Å²) in [6.45, 7) is 5.09. The van der Waals surface area contributed by atoms with Crippen molar-refractivity contribution in [1.82, 2.24) is 15.0 Å². The molecule has 2 aromatic rings. The molecule has 1 aromatic carbocycles. The molecule has 2 heterocycles. The van der Waals surface area contributed by atoms with Crippen LogP contribution in [0.5, 0.6) is 0 Å². The summed E-state index contributed by atoms with van der Waals surface area (Å²) >= 11 is 0. The quantitative estimate of drug-likeness (QED) is 0.710. The predicted molar refractivity (Wildman–Crippen MR) is 108 cm³/mol. The number of aryl methyl sites for hydroxylation is 1. The van der Waals surface area contributed by atoms with Gasteiger partial charge >= 0.3 is 0 Å². The highest BCUT2D eigenvalue weighted by Gasteiger charge is 2.19. The van der Waals surface area contributed by atoms with Gasteiger partial charge in [-0.15, -0.1) is 0 Å². The first-order valence-corrected chi connectivity index (χ1v) is 9.58. The van der Waals surface area contributed by atoms with E-state index in [1.54, 1.807) is 24.0 Å². The van der Waals surface area contributed by atoms with Crippen LogP contribution in [0, 0.1) is 6.92 Å². The summed E-state index contributed by atoms with van der Waals surface area (Å²) in [5.41, 5.74) is 0.942. The first kappa shape index (κ1) is 19.8. The van der Waals surface area contributed by atoms with Gasteiger partial charge in [-0.25, -0.2) is 0 Å². The molecule has 1 aromatic heterocycles. The molecule has 0 aliphatic carbocycles. The third kappa shape index (κ3) is 6.06. The van der Waals surface area contributed by atoms with E-state index in [0.717, 1.165) is 25.2 Å². The molecule has 0 saturated carbocycles. The van der Waals surface area contributed by atoms with Crippen molar-refractivity contribution in [3.05, 3.63) is 53.8 Å². The lowest BCUT2D eigenvalue weighted by Gasteiger charge is -2.24. The zero-order valence-corrected chi connectivity index (χ0v) is 16.1. The second-order valence-electron chi connectivity index (χ2n) is 6.92. The van der Waals surface area contributed by atoms with Crippen LogP contribution in [0.1, 0.15) is 24.2 Å². The van der Waals surface area contributed by atoms with E-state index >= 15 is 0 Å². The minimum Gasteiger partial charge on any atom is -0.360 e. The second kappa shape index (κ2) is 9.85. The minimum atomic E-state index is -0.295. The number of carbonyl (C=O) groups is 2. The summed E-state index contributed by atoms with van der Waals surface area (Å²) in [6, 6.07) is 11.3. The van der Waals surface area contributed by atoms with E-state index in [0.29, 0.717) is 18.1 Å². The van der Waals surface area contributed by atoms with E-state index in [-0.39, 0.29) is 18.4 Å². The predicted octanol–water partition coefficient (Wildman–Crippen LogP) is 2.56. The number of anilines is 1. The van der Waals surface area contributed by atoms with Crippen molar-refractivity contribution in [1.29, 1.82) is 0 Å². The Labute approximate surface area is 165 Å². The number of aromatic nitrogens is 1. The van der Waals surface area contributed by atoms with Crippen molar-refractivity contribution < 1.29 is 14.1 Å². The molecule has 0 bridgehead atoms. The number of nitrogens with zero attached hydrogens (tertiary/aromatic N) is 3. The summed E-state index contributed by atoms with van der Waals surface area (Å²) in [7, 11) is 0. The molecule has 0 unspecified atom stereocenters. The molecule has 1 fully saturated rings. The van der Waals surface area contributed by atoms with Gasteiger partial charge < -0.3 is 19.6 Å². The van der Waals surface area contributed by atoms with Crippen molar-refractivity contribution in [3.63, 3.8) is 0 Å². The normalized spacial score (nSPS) is 14.5. The van der Waals surface area contributed by atoms with E-state index in [1.165, 1.54) is 18.9 Å². The highest BCUT2D eigenvalue weighted by molar-refractivity contribution is 5.97. The van der Waals surface area contributed by atoms with E-state index in [2.05, 4.69) is 15.4 Å². The highest BCUT2D eigenvalue weighted by atomic mass is 16.5. The van der Waals surface area contributed by atoms with Crippen molar-refractivity contribution in [3.8, 4) is 0 Å². The van der Waals surface area contributed by atoms with Crippen LogP contribution in [0.2, 0.25) is 0 Å². The van der Waals surface area contributed by atoms with E-state index in [9.17, 15) is 9.59 Å². The van der Waals surface area contributed by atoms with Crippen LogP contribution in [0.25, 0.3) is 6.08 Å². The maximum atomic E-state index is 12.7. The monoisotopic (exact) mass is 382 g/mol. The Morgan fingerprint density at radius 2 is 2.00 bits per heavy atom. The standard InChI is InChI=1S/C21H26N4O3/c1-17-15-19(23-28-17)22-20(26)16-25(14-13-24-11-5-6-12-24)21(27)10-9-18-7-3-2-4-8-18/h2-4,7-10,15H,5-6,11-14,16H2,1H3,(H,22,23,26). The van der Waals surface area contributed by atoms with Gasteiger partial charge in [-0.05, 0) is 44.5 Å². The Morgan fingerprint density at radius 1 is 1.25 bits per heavy atom. The van der Waals surface area contributed by atoms with Gasteiger partial charge in [0.1, 0.15) is 12.3 Å². The van der Waals surface area contributed by atoms with E-state index in [1.807, 2.05) is 30.3 Å². The van der Waals surface area contributed by atoms with Crippen LogP contribution in [0.4, 0.5) is 5.82 Å². The first-order valence-electron chi connectivity index (χ1n) is 9.58. The lowest BCUT2D eigenvalue weighted by Crippen LogP contribution is -2.41. The van der Waals surface area contributed by atoms with Gasteiger partial charge in [-0.3, -0.25) is 9.59 Å². The van der Waals surface area contributed by atoms with Crippen molar-refractivity contribution >= 4 is 23.7 Å². The molecule has 1 N–H and O–H groups in total. The van der Waals surface area contributed by atoms with E-state index in [4.69, 9.17) is 4.52 Å². The largest absolute Gasteiger partial charge is 0.360 e. The average Bonchev–Trinajstić information content (AvgIpc) is 3.35. The molecule has 0 spiro atoms. The molecule has 1 aliphatic rings. The molecule has 148 valence electrons. The number of benzene rings is 1. The SMILES string of the molecule is Cc1cc(NC(=O)CN(CCN2CCCC2)C(=O)C=Cc2ccccc2)no1. The number of amides is 2. The molecule has 3 rings (SSSR count). The van der Waals surface area contributed by atoms with Crippen molar-refractivity contribution in [2.75, 3.05) is 38.0 Å². The molecule has 0 radical (unpaired) electrons. The summed E-state index contributed by atoms with van der Waals surface area (Å²) in [6.07, 6.45) is 5.67. The third-order valence-corrected chi connectivity index (χ3v) is 4.64. The minimum absolute atomic E-state index is 0.0300. The van der Waals surface area contributed by atoms with Crippen LogP contribution in [-0.4, -0.2) is 59.5 Å². The van der Waals surface area contributed by atoms with Crippen molar-refractivity contribution in [2.45, 2.75) is 19.8 Å². The van der Waals surface area contributed by atoms with Gasteiger partial charge in [0.15, 0.2) is 5.82 Å². The van der Waals surface area contributed by atoms with Crippen molar-refractivity contribution in [2.24, 2.45) is 0 Å². The Bertz CT molecular complexity index is 810. The maximum absolute atomic E-state index is 12.7. The van der Waals surface area contributed by atoms with Gasteiger partial charge in [-0.2, -0.15) is 0 Å². The topological polar surface area (TPSA) is 78.7 Å². The summed E-state index contributed by atoms with van der Waals surface area (Å²) in [5, 5.41) is 6.43. The lowest BCUT2D eigenvalue weighted by molar-refractivity contribution is -0.130. The second-order valence-corrected chi connectivity index (χ2v) is 6.92. The molecule has 2 amide bonds. The smallest absolute Gasteiger partial charge is 0.247 e. The fourth-order valence-electron chi connectivity index (χ4n) is 3.15. The lowest BCUT2D eigenvalue weighted by atomic mass is 10.2. The summed E-state index contributed by atoms with van der Waals surface area (Å²) < 4.78 is 4.96. The van der Waals surface area contributed by atoms with Gasteiger partial charge in [0.2, 0.25) is 11.8 Å². The van der Waals surface area contributed by atoms with Gasteiger partial charge in [0.05, 0.1) is 0 Å². The Hall–Kier alpha value is -2.93. The fourth-order valence-corrected chi connectivity index (χ4v) is 3.15. The van der Waals surface area contributed by atoms with E-state index < -0.39 is 0 Å². The highest BCUT2D eigenvalue weighted by Crippen LogP contribution is 2.09.